The van der Waals surface area contributed by atoms with Crippen LogP contribution in [0.3, 0.4) is 0 Å². The van der Waals surface area contributed by atoms with Crippen molar-refractivity contribution in [3.05, 3.63) is 60.2 Å². The lowest BCUT2D eigenvalue weighted by atomic mass is 10.1. The molecule has 0 aliphatic rings. The minimum Gasteiger partial charge on any atom is -0.366 e. The van der Waals surface area contributed by atoms with E-state index in [0.717, 1.165) is 29.4 Å². The van der Waals surface area contributed by atoms with Crippen LogP contribution in [0.5, 0.6) is 0 Å². The van der Waals surface area contributed by atoms with Gasteiger partial charge in [0.25, 0.3) is 0 Å². The number of aryl methyl sites for hydroxylation is 1. The van der Waals surface area contributed by atoms with Crippen LogP contribution in [0.15, 0.2) is 54.6 Å². The highest BCUT2D eigenvalue weighted by atomic mass is 15.6. The summed E-state index contributed by atoms with van der Waals surface area (Å²) in [6.45, 7) is 2.17. The van der Waals surface area contributed by atoms with Crippen molar-refractivity contribution in [1.82, 2.24) is 25.3 Å². The molecule has 2 aromatic carbocycles. The van der Waals surface area contributed by atoms with Gasteiger partial charge in [-0.2, -0.15) is 0 Å². The van der Waals surface area contributed by atoms with Crippen molar-refractivity contribution in [3.8, 4) is 0 Å². The van der Waals surface area contributed by atoms with Crippen LogP contribution in [0.4, 0.5) is 5.82 Å². The Kier molecular flexibility index (Phi) is 3.78. The summed E-state index contributed by atoms with van der Waals surface area (Å²) in [5.41, 5.74) is 2.02. The second kappa shape index (κ2) is 6.23. The highest BCUT2D eigenvalue weighted by Crippen LogP contribution is 2.24. The van der Waals surface area contributed by atoms with Crippen molar-refractivity contribution in [2.45, 2.75) is 25.8 Å². The average molecular weight is 318 g/mol. The highest BCUT2D eigenvalue weighted by Gasteiger charge is 2.12. The molecule has 4 aromatic rings. The van der Waals surface area contributed by atoms with Crippen LogP contribution in [0, 0.1) is 0 Å². The fourth-order valence-electron chi connectivity index (χ4n) is 2.88. The fraction of sp³-hybridized carbons (Fsp3) is 0.222. The maximum absolute atomic E-state index is 4.53. The third-order valence-corrected chi connectivity index (χ3v) is 4.16. The lowest BCUT2D eigenvalue weighted by molar-refractivity contribution is 0.689. The van der Waals surface area contributed by atoms with Crippen molar-refractivity contribution < 1.29 is 0 Å². The first-order chi connectivity index (χ1) is 11.8. The summed E-state index contributed by atoms with van der Waals surface area (Å²) in [6.07, 6.45) is 2.05. The number of nitrogens with zero attached hydrogens (tertiary/aromatic N) is 5. The summed E-state index contributed by atoms with van der Waals surface area (Å²) in [5, 5.41) is 21.8. The molecule has 0 aliphatic heterocycles. The average Bonchev–Trinajstić information content (AvgIpc) is 3.10. The van der Waals surface area contributed by atoms with Gasteiger partial charge in [-0.15, -0.1) is 14.8 Å². The van der Waals surface area contributed by atoms with Crippen LogP contribution < -0.4 is 5.32 Å². The van der Waals surface area contributed by atoms with Gasteiger partial charge in [0, 0.05) is 16.8 Å². The van der Waals surface area contributed by atoms with Gasteiger partial charge in [0.15, 0.2) is 5.82 Å². The van der Waals surface area contributed by atoms with Gasteiger partial charge in [-0.3, -0.25) is 0 Å². The van der Waals surface area contributed by atoms with Gasteiger partial charge in [-0.25, -0.2) is 0 Å². The van der Waals surface area contributed by atoms with E-state index in [4.69, 9.17) is 0 Å². The fourth-order valence-corrected chi connectivity index (χ4v) is 2.88. The Morgan fingerprint density at radius 3 is 2.58 bits per heavy atom. The van der Waals surface area contributed by atoms with Gasteiger partial charge in [0.2, 0.25) is 5.65 Å². The zero-order valence-corrected chi connectivity index (χ0v) is 13.4. The molecule has 2 aromatic heterocycles. The molecular formula is C18H18N6. The van der Waals surface area contributed by atoms with Crippen LogP contribution in [0.2, 0.25) is 0 Å². The molecule has 24 heavy (non-hydrogen) atoms. The second-order valence-corrected chi connectivity index (χ2v) is 5.96. The molecule has 0 radical (unpaired) electrons. The molecule has 0 saturated carbocycles. The predicted molar refractivity (Wildman–Crippen MR) is 93.9 cm³/mol. The van der Waals surface area contributed by atoms with E-state index in [1.54, 1.807) is 0 Å². The van der Waals surface area contributed by atoms with E-state index >= 15 is 0 Å². The third kappa shape index (κ3) is 2.78. The van der Waals surface area contributed by atoms with Crippen molar-refractivity contribution in [3.63, 3.8) is 0 Å². The predicted octanol–water partition coefficient (Wildman–Crippen LogP) is 3.11. The molecule has 2 heterocycles. The summed E-state index contributed by atoms with van der Waals surface area (Å²) in [7, 11) is 0. The van der Waals surface area contributed by atoms with Crippen LogP contribution >= 0.6 is 0 Å². The number of anilines is 1. The standard InChI is InChI=1S/C18H18N6/c1-13(11-12-14-7-3-2-4-8-14)19-17-15-9-5-6-10-16(15)18-20-22-23-24(18)21-17/h2-10,13H,11-12H2,1H3,(H,19,21). The summed E-state index contributed by atoms with van der Waals surface area (Å²) >= 11 is 0. The Labute approximate surface area is 139 Å². The van der Waals surface area contributed by atoms with Crippen molar-refractivity contribution in [2.75, 3.05) is 5.32 Å². The van der Waals surface area contributed by atoms with E-state index < -0.39 is 0 Å². The largest absolute Gasteiger partial charge is 0.366 e. The van der Waals surface area contributed by atoms with Crippen molar-refractivity contribution in [1.29, 1.82) is 0 Å². The topological polar surface area (TPSA) is 68.0 Å². The minimum atomic E-state index is 0.287. The number of fused-ring (bicyclic) bond motifs is 3. The Morgan fingerprint density at radius 2 is 1.75 bits per heavy atom. The zero-order chi connectivity index (χ0) is 16.4. The Hall–Kier alpha value is -3.02. The van der Waals surface area contributed by atoms with Crippen LogP contribution in [-0.2, 0) is 6.42 Å². The number of tetrazole rings is 1. The molecule has 0 saturated heterocycles. The van der Waals surface area contributed by atoms with Gasteiger partial charge >= 0.3 is 0 Å². The Bertz CT molecular complexity index is 963. The monoisotopic (exact) mass is 318 g/mol. The molecule has 6 nitrogen and oxygen atoms in total. The molecule has 0 spiro atoms. The van der Waals surface area contributed by atoms with Gasteiger partial charge in [0.05, 0.1) is 0 Å². The normalized spacial score (nSPS) is 12.5. The van der Waals surface area contributed by atoms with E-state index in [0.29, 0.717) is 5.65 Å². The van der Waals surface area contributed by atoms with E-state index in [2.05, 4.69) is 57.1 Å². The van der Waals surface area contributed by atoms with Crippen LogP contribution in [0.1, 0.15) is 18.9 Å². The van der Waals surface area contributed by atoms with Crippen molar-refractivity contribution in [2.24, 2.45) is 0 Å². The number of aromatic nitrogens is 5. The van der Waals surface area contributed by atoms with E-state index in [1.165, 1.54) is 10.2 Å². The third-order valence-electron chi connectivity index (χ3n) is 4.16. The van der Waals surface area contributed by atoms with Gasteiger partial charge in [-0.1, -0.05) is 54.6 Å². The number of rotatable bonds is 5. The zero-order valence-electron chi connectivity index (χ0n) is 13.4. The first-order valence-electron chi connectivity index (χ1n) is 8.09. The molecule has 1 N–H and O–H groups in total. The number of hydrogen-bond acceptors (Lipinski definition) is 5. The number of nitrogens with one attached hydrogen (secondary N) is 1. The molecule has 1 unspecified atom stereocenters. The smallest absolute Gasteiger partial charge is 0.207 e. The Morgan fingerprint density at radius 1 is 1.00 bits per heavy atom. The maximum atomic E-state index is 4.53. The molecule has 6 heteroatoms. The molecular weight excluding hydrogens is 300 g/mol. The molecule has 0 fully saturated rings. The van der Waals surface area contributed by atoms with E-state index in [-0.39, 0.29) is 6.04 Å². The number of benzene rings is 2. The lowest BCUT2D eigenvalue weighted by Gasteiger charge is -2.16. The summed E-state index contributed by atoms with van der Waals surface area (Å²) in [4.78, 5) is 0. The van der Waals surface area contributed by atoms with Crippen LogP contribution in [0.25, 0.3) is 16.4 Å². The first kappa shape index (κ1) is 14.6. The SMILES string of the molecule is CC(CCc1ccccc1)Nc1nn2nnnc2c2ccccc12. The highest BCUT2D eigenvalue weighted by molar-refractivity contribution is 5.99. The molecule has 120 valence electrons. The molecule has 0 aliphatic carbocycles. The van der Waals surface area contributed by atoms with E-state index in [9.17, 15) is 0 Å². The maximum Gasteiger partial charge on any atom is 0.207 e. The van der Waals surface area contributed by atoms with Gasteiger partial charge < -0.3 is 5.32 Å². The molecule has 4 rings (SSSR count). The number of hydrogen-bond donors (Lipinski definition) is 1. The summed E-state index contributed by atoms with van der Waals surface area (Å²) in [5.74, 6) is 0.811. The van der Waals surface area contributed by atoms with Crippen LogP contribution in [-0.4, -0.2) is 31.3 Å². The summed E-state index contributed by atoms with van der Waals surface area (Å²) in [6, 6.07) is 18.9. The quantitative estimate of drug-likeness (QED) is 0.612. The molecule has 0 amide bonds. The Balaban J connectivity index is 1.58. The van der Waals surface area contributed by atoms with Gasteiger partial charge in [0.1, 0.15) is 0 Å². The minimum absolute atomic E-state index is 0.287. The van der Waals surface area contributed by atoms with E-state index in [1.807, 2.05) is 30.3 Å². The second-order valence-electron chi connectivity index (χ2n) is 5.96. The molecule has 1 atom stereocenters. The van der Waals surface area contributed by atoms with Gasteiger partial charge in [-0.05, 0) is 35.8 Å². The van der Waals surface area contributed by atoms with Crippen molar-refractivity contribution >= 4 is 22.2 Å². The lowest BCUT2D eigenvalue weighted by Crippen LogP contribution is -2.18. The molecule has 0 bridgehead atoms. The summed E-state index contributed by atoms with van der Waals surface area (Å²) < 4.78 is 1.48. The first-order valence-corrected chi connectivity index (χ1v) is 8.09.